The van der Waals surface area contributed by atoms with E-state index in [2.05, 4.69) is 15.3 Å². The topological polar surface area (TPSA) is 84.3 Å². The number of ether oxygens (including phenoxy) is 1. The number of nitrogens with one attached hydrogen (secondary N) is 1. The van der Waals surface area contributed by atoms with Gasteiger partial charge in [-0.15, -0.1) is 0 Å². The van der Waals surface area contributed by atoms with Crippen LogP contribution in [0.2, 0.25) is 0 Å². The van der Waals surface area contributed by atoms with E-state index in [-0.39, 0.29) is 5.56 Å². The van der Waals surface area contributed by atoms with Gasteiger partial charge in [-0.05, 0) is 24.6 Å². The van der Waals surface area contributed by atoms with E-state index in [1.54, 1.807) is 0 Å². The molecule has 7 heteroatoms. The third kappa shape index (κ3) is 3.88. The van der Waals surface area contributed by atoms with Gasteiger partial charge < -0.3 is 15.2 Å². The first-order valence-corrected chi connectivity index (χ1v) is 6.35. The number of nitrogens with zero attached hydrogens (tertiary/aromatic N) is 2. The first-order chi connectivity index (χ1) is 10.1. The van der Waals surface area contributed by atoms with Crippen molar-refractivity contribution in [3.63, 3.8) is 0 Å². The van der Waals surface area contributed by atoms with Gasteiger partial charge in [-0.1, -0.05) is 6.92 Å². The van der Waals surface area contributed by atoms with Crippen molar-refractivity contribution >= 4 is 17.5 Å². The lowest BCUT2D eigenvalue weighted by Crippen LogP contribution is -2.03. The molecule has 0 saturated heterocycles. The predicted octanol–water partition coefficient (Wildman–Crippen LogP) is 2.85. The maximum absolute atomic E-state index is 13.6. The third-order valence-electron chi connectivity index (χ3n) is 2.54. The molecule has 0 amide bonds. The van der Waals surface area contributed by atoms with Crippen LogP contribution >= 0.6 is 0 Å². The molecule has 0 aliphatic heterocycles. The Morgan fingerprint density at radius 2 is 2.24 bits per heavy atom. The van der Waals surface area contributed by atoms with E-state index in [9.17, 15) is 9.18 Å². The summed E-state index contributed by atoms with van der Waals surface area (Å²) in [6, 6.07) is 3.73. The first kappa shape index (κ1) is 14.7. The number of aromatic nitrogens is 2. The van der Waals surface area contributed by atoms with Crippen LogP contribution in [0.1, 0.15) is 23.7 Å². The van der Waals surface area contributed by atoms with Crippen molar-refractivity contribution in [3.8, 4) is 5.88 Å². The summed E-state index contributed by atoms with van der Waals surface area (Å²) >= 11 is 0. The summed E-state index contributed by atoms with van der Waals surface area (Å²) < 4.78 is 18.9. The van der Waals surface area contributed by atoms with Crippen molar-refractivity contribution < 1.29 is 19.0 Å². The lowest BCUT2D eigenvalue weighted by molar-refractivity contribution is 0.0692. The molecule has 0 fully saturated rings. The molecule has 1 aromatic carbocycles. The molecule has 0 saturated carbocycles. The average molecular weight is 291 g/mol. The summed E-state index contributed by atoms with van der Waals surface area (Å²) in [5.74, 6) is -1.39. The van der Waals surface area contributed by atoms with Crippen LogP contribution in [0.3, 0.4) is 0 Å². The van der Waals surface area contributed by atoms with Crippen molar-refractivity contribution in [1.29, 1.82) is 0 Å². The first-order valence-electron chi connectivity index (χ1n) is 6.35. The highest BCUT2D eigenvalue weighted by atomic mass is 19.1. The van der Waals surface area contributed by atoms with Gasteiger partial charge in [0.2, 0.25) is 5.88 Å². The van der Waals surface area contributed by atoms with Crippen LogP contribution in [0.4, 0.5) is 15.9 Å². The number of anilines is 2. The summed E-state index contributed by atoms with van der Waals surface area (Å²) in [5.41, 5.74) is -0.00824. The van der Waals surface area contributed by atoms with Gasteiger partial charge in [0.1, 0.15) is 5.82 Å². The van der Waals surface area contributed by atoms with Crippen LogP contribution in [0.5, 0.6) is 5.88 Å². The molecule has 6 nitrogen and oxygen atoms in total. The number of halogens is 1. The molecule has 1 heterocycles. The zero-order valence-corrected chi connectivity index (χ0v) is 11.3. The van der Waals surface area contributed by atoms with E-state index in [4.69, 9.17) is 9.84 Å². The molecule has 0 bridgehead atoms. The minimum atomic E-state index is -1.31. The highest BCUT2D eigenvalue weighted by Crippen LogP contribution is 2.19. The van der Waals surface area contributed by atoms with Crippen LogP contribution in [-0.2, 0) is 0 Å². The molecule has 110 valence electrons. The van der Waals surface area contributed by atoms with Crippen LogP contribution in [0.15, 0.2) is 30.6 Å². The lowest BCUT2D eigenvalue weighted by atomic mass is 10.2. The van der Waals surface area contributed by atoms with Gasteiger partial charge in [-0.2, -0.15) is 4.98 Å². The number of carboxylic acids is 1. The number of hydrogen-bond donors (Lipinski definition) is 2. The third-order valence-corrected chi connectivity index (χ3v) is 2.54. The molecule has 1 aromatic heterocycles. The van der Waals surface area contributed by atoms with Gasteiger partial charge in [0.25, 0.3) is 0 Å². The molecular formula is C14H14FN3O3. The van der Waals surface area contributed by atoms with Crippen molar-refractivity contribution in [3.05, 3.63) is 42.0 Å². The Kier molecular flexibility index (Phi) is 4.65. The Morgan fingerprint density at radius 1 is 1.43 bits per heavy atom. The van der Waals surface area contributed by atoms with E-state index in [0.717, 1.165) is 12.5 Å². The van der Waals surface area contributed by atoms with Gasteiger partial charge >= 0.3 is 5.97 Å². The van der Waals surface area contributed by atoms with E-state index in [0.29, 0.717) is 24.0 Å². The van der Waals surface area contributed by atoms with E-state index >= 15 is 0 Å². The van der Waals surface area contributed by atoms with Crippen LogP contribution in [0.25, 0.3) is 0 Å². The Bertz CT molecular complexity index is 649. The van der Waals surface area contributed by atoms with Crippen LogP contribution in [-0.4, -0.2) is 27.7 Å². The maximum Gasteiger partial charge on any atom is 0.338 e. The minimum absolute atomic E-state index is 0.365. The lowest BCUT2D eigenvalue weighted by Gasteiger charge is -2.08. The van der Waals surface area contributed by atoms with Gasteiger partial charge in [0.05, 0.1) is 24.6 Å². The fourth-order valence-electron chi connectivity index (χ4n) is 1.60. The highest BCUT2D eigenvalue weighted by molar-refractivity contribution is 5.88. The Hall–Kier alpha value is -2.70. The van der Waals surface area contributed by atoms with Gasteiger partial charge in [0, 0.05) is 5.69 Å². The number of aromatic carboxylic acids is 1. The normalized spacial score (nSPS) is 10.2. The second-order valence-corrected chi connectivity index (χ2v) is 4.22. The quantitative estimate of drug-likeness (QED) is 0.851. The molecule has 0 unspecified atom stereocenters. The predicted molar refractivity (Wildman–Crippen MR) is 74.5 cm³/mol. The number of rotatable bonds is 6. The fourth-order valence-corrected chi connectivity index (χ4v) is 1.60. The summed E-state index contributed by atoms with van der Waals surface area (Å²) in [5, 5.41) is 11.6. The number of hydrogen-bond acceptors (Lipinski definition) is 5. The summed E-state index contributed by atoms with van der Waals surface area (Å²) in [6.07, 6.45) is 3.79. The molecule has 0 aliphatic rings. The molecule has 0 spiro atoms. The number of carbonyl (C=O) groups is 1. The van der Waals surface area contributed by atoms with E-state index in [1.807, 2.05) is 6.92 Å². The van der Waals surface area contributed by atoms with Crippen molar-refractivity contribution in [2.75, 3.05) is 11.9 Å². The van der Waals surface area contributed by atoms with Gasteiger partial charge in [0.15, 0.2) is 5.82 Å². The van der Waals surface area contributed by atoms with E-state index < -0.39 is 11.8 Å². The highest BCUT2D eigenvalue weighted by Gasteiger charge is 2.10. The van der Waals surface area contributed by atoms with Crippen molar-refractivity contribution in [2.24, 2.45) is 0 Å². The maximum atomic E-state index is 13.6. The summed E-state index contributed by atoms with van der Waals surface area (Å²) in [4.78, 5) is 18.9. The number of carboxylic acid groups (broad SMARTS) is 1. The zero-order valence-electron chi connectivity index (χ0n) is 11.3. The standard InChI is InChI=1S/C14H14FN3O3/c1-2-5-21-13-8-16-7-12(18-13)17-9-3-4-10(14(19)20)11(15)6-9/h3-4,6-8H,2,5H2,1H3,(H,17,18)(H,19,20). The Balaban J connectivity index is 2.14. The molecule has 2 rings (SSSR count). The molecule has 0 atom stereocenters. The van der Waals surface area contributed by atoms with Crippen molar-refractivity contribution in [2.45, 2.75) is 13.3 Å². The summed E-state index contributed by atoms with van der Waals surface area (Å²) in [6.45, 7) is 2.50. The monoisotopic (exact) mass is 291 g/mol. The minimum Gasteiger partial charge on any atom is -0.478 e. The molecule has 0 aliphatic carbocycles. The molecule has 0 radical (unpaired) electrons. The fraction of sp³-hybridized carbons (Fsp3) is 0.214. The molecule has 2 aromatic rings. The molecular weight excluding hydrogens is 277 g/mol. The zero-order chi connectivity index (χ0) is 15.2. The van der Waals surface area contributed by atoms with Crippen LogP contribution in [0, 0.1) is 5.82 Å². The van der Waals surface area contributed by atoms with Gasteiger partial charge in [-0.3, -0.25) is 4.98 Å². The van der Waals surface area contributed by atoms with Crippen molar-refractivity contribution in [1.82, 2.24) is 9.97 Å². The number of benzene rings is 1. The second kappa shape index (κ2) is 6.65. The molecule has 21 heavy (non-hydrogen) atoms. The largest absolute Gasteiger partial charge is 0.478 e. The Labute approximate surface area is 120 Å². The van der Waals surface area contributed by atoms with E-state index in [1.165, 1.54) is 24.5 Å². The molecule has 2 N–H and O–H groups in total. The average Bonchev–Trinajstić information content (AvgIpc) is 2.45. The summed E-state index contributed by atoms with van der Waals surface area (Å²) in [7, 11) is 0. The Morgan fingerprint density at radius 3 is 2.90 bits per heavy atom. The van der Waals surface area contributed by atoms with Gasteiger partial charge in [-0.25, -0.2) is 9.18 Å². The SMILES string of the molecule is CCCOc1cncc(Nc2ccc(C(=O)O)c(F)c2)n1. The van der Waals surface area contributed by atoms with Crippen LogP contribution < -0.4 is 10.1 Å². The second-order valence-electron chi connectivity index (χ2n) is 4.22. The smallest absolute Gasteiger partial charge is 0.338 e.